The minimum absolute atomic E-state index is 0.210. The van der Waals surface area contributed by atoms with Gasteiger partial charge in [-0.3, -0.25) is 9.59 Å². The van der Waals surface area contributed by atoms with Crippen molar-refractivity contribution in [3.63, 3.8) is 0 Å². The highest BCUT2D eigenvalue weighted by Gasteiger charge is 2.42. The number of nitrogens with zero attached hydrogens (tertiary/aromatic N) is 1. The predicted molar refractivity (Wildman–Crippen MR) is 77.2 cm³/mol. The van der Waals surface area contributed by atoms with E-state index in [1.165, 1.54) is 0 Å². The number of rotatable bonds is 5. The van der Waals surface area contributed by atoms with E-state index in [9.17, 15) is 14.9 Å². The molecule has 0 aromatic heterocycles. The second kappa shape index (κ2) is 6.03. The van der Waals surface area contributed by atoms with E-state index in [0.29, 0.717) is 5.56 Å². The van der Waals surface area contributed by atoms with Gasteiger partial charge in [0.25, 0.3) is 0 Å². The maximum atomic E-state index is 11.9. The second-order valence-corrected chi connectivity index (χ2v) is 4.86. The molecule has 2 atom stereocenters. The Morgan fingerprint density at radius 3 is 2.52 bits per heavy atom. The summed E-state index contributed by atoms with van der Waals surface area (Å²) in [6.07, 6.45) is 0.210. The third-order valence-corrected chi connectivity index (χ3v) is 3.69. The van der Waals surface area contributed by atoms with Gasteiger partial charge < -0.3 is 0 Å². The fraction of sp³-hybridized carbons (Fsp3) is 0.167. The van der Waals surface area contributed by atoms with Gasteiger partial charge in [-0.1, -0.05) is 48.5 Å². The van der Waals surface area contributed by atoms with Gasteiger partial charge in [0.1, 0.15) is 5.92 Å². The maximum Gasteiger partial charge on any atom is 0.213 e. The van der Waals surface area contributed by atoms with Crippen LogP contribution in [0.1, 0.15) is 18.1 Å². The lowest BCUT2D eigenvalue weighted by Gasteiger charge is -2.32. The van der Waals surface area contributed by atoms with Gasteiger partial charge in [-0.15, -0.1) is 0 Å². The standard InChI is InChI=1S/C18H13NO2/c1-18(14-8-4-2-5-9-14,15-10-6-3-7-11-15)16(12-19)17(21)13-20/h2-6,8-10,13,16H,1H3. The summed E-state index contributed by atoms with van der Waals surface area (Å²) >= 11 is 0. The molecule has 0 aliphatic heterocycles. The number of nitriles is 1. The van der Waals surface area contributed by atoms with Crippen LogP contribution in [-0.4, -0.2) is 12.1 Å². The summed E-state index contributed by atoms with van der Waals surface area (Å²) in [5, 5.41) is 9.43. The van der Waals surface area contributed by atoms with Crippen LogP contribution in [0.25, 0.3) is 0 Å². The first kappa shape index (κ1) is 14.5. The molecule has 0 aliphatic rings. The summed E-state index contributed by atoms with van der Waals surface area (Å²) in [7, 11) is 0. The Morgan fingerprint density at radius 2 is 2.00 bits per heavy atom. The van der Waals surface area contributed by atoms with Crippen LogP contribution >= 0.6 is 0 Å². The average Bonchev–Trinajstić information content (AvgIpc) is 2.56. The summed E-state index contributed by atoms with van der Waals surface area (Å²) in [6, 6.07) is 22.2. The third kappa shape index (κ3) is 2.55. The van der Waals surface area contributed by atoms with Crippen molar-refractivity contribution in [2.75, 3.05) is 0 Å². The van der Waals surface area contributed by atoms with Crippen molar-refractivity contribution < 1.29 is 9.59 Å². The molecule has 2 rings (SSSR count). The second-order valence-electron chi connectivity index (χ2n) is 4.86. The Kier molecular flexibility index (Phi) is 4.16. The van der Waals surface area contributed by atoms with Crippen LogP contribution in [0.5, 0.6) is 0 Å². The summed E-state index contributed by atoms with van der Waals surface area (Å²) < 4.78 is 0. The minimum Gasteiger partial charge on any atom is -0.295 e. The zero-order chi connectivity index (χ0) is 15.3. The number of carbonyl (C=O) groups excluding carboxylic acids is 2. The van der Waals surface area contributed by atoms with Crippen molar-refractivity contribution in [2.45, 2.75) is 12.3 Å². The first-order valence-corrected chi connectivity index (χ1v) is 6.47. The Morgan fingerprint density at radius 1 is 1.29 bits per heavy atom. The van der Waals surface area contributed by atoms with E-state index in [1.54, 1.807) is 25.1 Å². The zero-order valence-corrected chi connectivity index (χ0v) is 11.5. The fourth-order valence-electron chi connectivity index (χ4n) is 2.46. The van der Waals surface area contributed by atoms with Gasteiger partial charge in [-0.25, -0.2) is 0 Å². The third-order valence-electron chi connectivity index (χ3n) is 3.69. The average molecular weight is 275 g/mol. The Labute approximate surface area is 123 Å². The topological polar surface area (TPSA) is 57.9 Å². The molecule has 0 fully saturated rings. The van der Waals surface area contributed by atoms with Crippen molar-refractivity contribution in [1.29, 1.82) is 5.26 Å². The van der Waals surface area contributed by atoms with E-state index >= 15 is 0 Å². The smallest absolute Gasteiger partial charge is 0.213 e. The number of benzene rings is 1. The van der Waals surface area contributed by atoms with Crippen LogP contribution in [0.3, 0.4) is 0 Å². The lowest BCUT2D eigenvalue weighted by atomic mass is 9.67. The highest BCUT2D eigenvalue weighted by atomic mass is 16.2. The molecule has 0 saturated carbocycles. The minimum atomic E-state index is -1.11. The van der Waals surface area contributed by atoms with E-state index in [4.69, 9.17) is 0 Å². The SMILES string of the molecule is CC(c1c#cccc1)(c1ccccc1)C(C#N)C(=O)C=O. The van der Waals surface area contributed by atoms with Crippen LogP contribution in [0.15, 0.2) is 48.5 Å². The summed E-state index contributed by atoms with van der Waals surface area (Å²) in [5.74, 6) is -1.84. The van der Waals surface area contributed by atoms with Crippen molar-refractivity contribution in [1.82, 2.24) is 0 Å². The first-order chi connectivity index (χ1) is 10.1. The molecule has 0 radical (unpaired) electrons. The van der Waals surface area contributed by atoms with Crippen LogP contribution < -0.4 is 0 Å². The van der Waals surface area contributed by atoms with Crippen molar-refractivity contribution in [3.05, 3.63) is 71.8 Å². The Bertz CT molecular complexity index is 632. The molecule has 2 aromatic carbocycles. The highest BCUT2D eigenvalue weighted by molar-refractivity contribution is 6.27. The number of ketones is 1. The monoisotopic (exact) mass is 275 g/mol. The van der Waals surface area contributed by atoms with Gasteiger partial charge >= 0.3 is 0 Å². The van der Waals surface area contributed by atoms with E-state index in [-0.39, 0.29) is 6.29 Å². The maximum absolute atomic E-state index is 11.9. The van der Waals surface area contributed by atoms with Gasteiger partial charge in [-0.05, 0) is 24.6 Å². The number of aldehydes is 1. The summed E-state index contributed by atoms with van der Waals surface area (Å²) in [5.41, 5.74) is 0.478. The summed E-state index contributed by atoms with van der Waals surface area (Å²) in [6.45, 7) is 1.78. The molecule has 0 saturated heterocycles. The zero-order valence-electron chi connectivity index (χ0n) is 11.5. The lowest BCUT2D eigenvalue weighted by molar-refractivity contribution is -0.132. The highest BCUT2D eigenvalue weighted by Crippen LogP contribution is 2.38. The summed E-state index contributed by atoms with van der Waals surface area (Å²) in [4.78, 5) is 22.8. The molecule has 0 amide bonds. The Balaban J connectivity index is 2.68. The molecule has 0 spiro atoms. The van der Waals surface area contributed by atoms with E-state index in [1.807, 2.05) is 36.4 Å². The molecule has 2 aromatic rings. The van der Waals surface area contributed by atoms with Crippen molar-refractivity contribution in [3.8, 4) is 6.07 Å². The predicted octanol–water partition coefficient (Wildman–Crippen LogP) is 2.50. The molecule has 3 heteroatoms. The molecule has 0 N–H and O–H groups in total. The largest absolute Gasteiger partial charge is 0.295 e. The number of carbonyl (C=O) groups is 2. The van der Waals surface area contributed by atoms with Crippen LogP contribution in [0.4, 0.5) is 0 Å². The number of hydrogen-bond donors (Lipinski definition) is 0. The van der Waals surface area contributed by atoms with Crippen LogP contribution in [-0.2, 0) is 15.0 Å². The van der Waals surface area contributed by atoms with Crippen LogP contribution in [0, 0.1) is 29.4 Å². The molecule has 102 valence electrons. The van der Waals surface area contributed by atoms with E-state index in [0.717, 1.165) is 5.56 Å². The molecule has 0 heterocycles. The first-order valence-electron chi connectivity index (χ1n) is 6.47. The normalized spacial score (nSPS) is 11.8. The number of hydrogen-bond acceptors (Lipinski definition) is 3. The molecule has 0 aliphatic carbocycles. The quantitative estimate of drug-likeness (QED) is 0.622. The van der Waals surface area contributed by atoms with Gasteiger partial charge in [0, 0.05) is 11.0 Å². The molecule has 3 nitrogen and oxygen atoms in total. The Hall–Kier alpha value is -2.91. The molecule has 21 heavy (non-hydrogen) atoms. The van der Waals surface area contributed by atoms with Crippen molar-refractivity contribution in [2.24, 2.45) is 5.92 Å². The van der Waals surface area contributed by atoms with Gasteiger partial charge in [0.05, 0.1) is 6.07 Å². The van der Waals surface area contributed by atoms with Crippen LogP contribution in [0.2, 0.25) is 0 Å². The fourth-order valence-corrected chi connectivity index (χ4v) is 2.46. The van der Waals surface area contributed by atoms with Crippen molar-refractivity contribution >= 4 is 12.1 Å². The van der Waals surface area contributed by atoms with Gasteiger partial charge in [0.2, 0.25) is 5.78 Å². The van der Waals surface area contributed by atoms with Gasteiger partial charge in [-0.2, -0.15) is 5.26 Å². The van der Waals surface area contributed by atoms with E-state index in [2.05, 4.69) is 12.1 Å². The molecular weight excluding hydrogens is 262 g/mol. The molecular formula is C18H13NO2. The van der Waals surface area contributed by atoms with E-state index < -0.39 is 17.1 Å². The lowest BCUT2D eigenvalue weighted by Crippen LogP contribution is -2.38. The van der Waals surface area contributed by atoms with Gasteiger partial charge in [0.15, 0.2) is 6.29 Å². The molecule has 0 bridgehead atoms. The number of Topliss-reactive ketones (excluding diaryl/α,β-unsaturated/α-hetero) is 1. The molecule has 2 unspecified atom stereocenters.